The summed E-state index contributed by atoms with van der Waals surface area (Å²) in [6.45, 7) is 1.43. The molecule has 0 radical (unpaired) electrons. The Labute approximate surface area is 150 Å². The van der Waals surface area contributed by atoms with Crippen molar-refractivity contribution in [2.45, 2.75) is 31.2 Å². The molecule has 7 heteroatoms. The van der Waals surface area contributed by atoms with Gasteiger partial charge in [0.1, 0.15) is 5.82 Å². The number of benzene rings is 1. The summed E-state index contributed by atoms with van der Waals surface area (Å²) < 4.78 is 15.5. The Bertz CT molecular complexity index is 817. The number of halogens is 2. The van der Waals surface area contributed by atoms with Crippen LogP contribution < -0.4 is 10.2 Å². The highest BCUT2D eigenvalue weighted by Crippen LogP contribution is 2.41. The Balaban J connectivity index is 1.42. The van der Waals surface area contributed by atoms with Crippen LogP contribution in [-0.2, 0) is 7.05 Å². The fourth-order valence-electron chi connectivity index (χ4n) is 3.52. The van der Waals surface area contributed by atoms with Gasteiger partial charge in [-0.15, -0.1) is 0 Å². The van der Waals surface area contributed by atoms with Crippen molar-refractivity contribution in [2.75, 3.05) is 18.0 Å². The maximum Gasteiger partial charge on any atom is 0.255 e. The molecule has 0 spiro atoms. The van der Waals surface area contributed by atoms with E-state index in [0.29, 0.717) is 18.0 Å². The quantitative estimate of drug-likeness (QED) is 0.909. The minimum atomic E-state index is -0.420. The van der Waals surface area contributed by atoms with Crippen LogP contribution in [0, 0.1) is 5.82 Å². The van der Waals surface area contributed by atoms with E-state index in [2.05, 4.69) is 15.3 Å². The maximum atomic E-state index is 13.7. The van der Waals surface area contributed by atoms with Gasteiger partial charge >= 0.3 is 0 Å². The molecule has 1 atom stereocenters. The fourth-order valence-corrected chi connectivity index (χ4v) is 3.64. The first-order valence-electron chi connectivity index (χ1n) is 8.55. The summed E-state index contributed by atoms with van der Waals surface area (Å²) >= 11 is 5.74. The Morgan fingerprint density at radius 1 is 1.36 bits per heavy atom. The Kier molecular flexibility index (Phi) is 4.15. The van der Waals surface area contributed by atoms with Gasteiger partial charge in [0.15, 0.2) is 0 Å². The minimum Gasteiger partial charge on any atom is -0.369 e. The number of hydrogen-bond donors (Lipinski definition) is 1. The van der Waals surface area contributed by atoms with Crippen molar-refractivity contribution in [1.82, 2.24) is 15.1 Å². The molecule has 25 heavy (non-hydrogen) atoms. The number of carbonyl (C=O) groups is 1. The van der Waals surface area contributed by atoms with Crippen LogP contribution >= 0.6 is 11.6 Å². The van der Waals surface area contributed by atoms with Gasteiger partial charge in [-0.05, 0) is 37.5 Å². The van der Waals surface area contributed by atoms with Gasteiger partial charge in [-0.1, -0.05) is 11.6 Å². The monoisotopic (exact) mass is 362 g/mol. The second kappa shape index (κ2) is 6.33. The van der Waals surface area contributed by atoms with Crippen molar-refractivity contribution in [3.05, 3.63) is 46.5 Å². The Morgan fingerprint density at radius 3 is 2.88 bits per heavy atom. The fraction of sp³-hybridized carbons (Fsp3) is 0.444. The first kappa shape index (κ1) is 16.4. The summed E-state index contributed by atoms with van der Waals surface area (Å²) in [5.74, 6) is -0.0226. The summed E-state index contributed by atoms with van der Waals surface area (Å²) in [5.41, 5.74) is 2.51. The van der Waals surface area contributed by atoms with E-state index in [1.807, 2.05) is 17.8 Å². The minimum absolute atomic E-state index is 0.0403. The maximum absolute atomic E-state index is 13.7. The van der Waals surface area contributed by atoms with Crippen LogP contribution in [0.1, 0.15) is 41.2 Å². The van der Waals surface area contributed by atoms with Crippen molar-refractivity contribution in [1.29, 1.82) is 0 Å². The second-order valence-electron chi connectivity index (χ2n) is 6.84. The molecule has 5 nitrogen and oxygen atoms in total. The molecule has 2 aliphatic rings. The summed E-state index contributed by atoms with van der Waals surface area (Å²) in [7, 11) is 1.89. The third kappa shape index (κ3) is 3.23. The molecule has 4 rings (SSSR count). The molecule has 1 aromatic heterocycles. The predicted molar refractivity (Wildman–Crippen MR) is 94.7 cm³/mol. The molecule has 1 aromatic carbocycles. The van der Waals surface area contributed by atoms with Crippen molar-refractivity contribution < 1.29 is 9.18 Å². The van der Waals surface area contributed by atoms with Gasteiger partial charge in [0, 0.05) is 37.8 Å². The molecule has 1 unspecified atom stereocenters. The first-order chi connectivity index (χ1) is 12.0. The van der Waals surface area contributed by atoms with Gasteiger partial charge < -0.3 is 10.2 Å². The van der Waals surface area contributed by atoms with Gasteiger partial charge in [0.25, 0.3) is 5.91 Å². The van der Waals surface area contributed by atoms with Crippen molar-refractivity contribution in [3.8, 4) is 0 Å². The van der Waals surface area contributed by atoms with E-state index in [9.17, 15) is 9.18 Å². The lowest BCUT2D eigenvalue weighted by molar-refractivity contribution is 0.0939. The Morgan fingerprint density at radius 2 is 2.16 bits per heavy atom. The third-order valence-corrected chi connectivity index (χ3v) is 5.29. The number of amides is 1. The van der Waals surface area contributed by atoms with Gasteiger partial charge in [-0.3, -0.25) is 9.48 Å². The molecule has 2 aromatic rings. The molecule has 1 aliphatic heterocycles. The van der Waals surface area contributed by atoms with Gasteiger partial charge in [0.2, 0.25) is 0 Å². The molecule has 1 N–H and O–H groups in total. The standard InChI is InChI=1S/C18H20ClFN4O/c1-23-17(11-2-3-11)14(9-21-23)18(25)22-12-6-7-24(10-12)13-4-5-15(19)16(20)8-13/h4-5,8-9,11-12H,2-3,6-7,10H2,1H3,(H,22,25). The zero-order valence-electron chi connectivity index (χ0n) is 14.0. The largest absolute Gasteiger partial charge is 0.369 e. The smallest absolute Gasteiger partial charge is 0.255 e. The highest BCUT2D eigenvalue weighted by molar-refractivity contribution is 6.30. The second-order valence-corrected chi connectivity index (χ2v) is 7.25. The number of nitrogens with zero attached hydrogens (tertiary/aromatic N) is 3. The SMILES string of the molecule is Cn1ncc(C(=O)NC2CCN(c3ccc(Cl)c(F)c3)C2)c1C1CC1. The Hall–Kier alpha value is -2.08. The third-order valence-electron chi connectivity index (χ3n) is 4.99. The average molecular weight is 363 g/mol. The average Bonchev–Trinajstić information content (AvgIpc) is 3.18. The van der Waals surface area contributed by atoms with E-state index in [-0.39, 0.29) is 17.0 Å². The lowest BCUT2D eigenvalue weighted by Crippen LogP contribution is -2.37. The zero-order valence-corrected chi connectivity index (χ0v) is 14.8. The summed E-state index contributed by atoms with van der Waals surface area (Å²) in [6, 6.07) is 4.86. The van der Waals surface area contributed by atoms with E-state index >= 15 is 0 Å². The number of aryl methyl sites for hydroxylation is 1. The number of hydrogen-bond acceptors (Lipinski definition) is 3. The van der Waals surface area contributed by atoms with Crippen LogP contribution in [0.2, 0.25) is 5.02 Å². The molecule has 0 bridgehead atoms. The van der Waals surface area contributed by atoms with Crippen LogP contribution in [0.3, 0.4) is 0 Å². The lowest BCUT2D eigenvalue weighted by Gasteiger charge is -2.19. The molecular formula is C18H20ClFN4O. The van der Waals surface area contributed by atoms with Crippen molar-refractivity contribution in [2.24, 2.45) is 7.05 Å². The topological polar surface area (TPSA) is 50.2 Å². The molecule has 1 saturated carbocycles. The number of anilines is 1. The lowest BCUT2D eigenvalue weighted by atomic mass is 10.1. The molecule has 1 amide bonds. The zero-order chi connectivity index (χ0) is 17.6. The van der Waals surface area contributed by atoms with E-state index in [1.165, 1.54) is 6.07 Å². The van der Waals surface area contributed by atoms with Crippen LogP contribution in [-0.4, -0.2) is 34.8 Å². The number of aromatic nitrogens is 2. The molecule has 1 aliphatic carbocycles. The highest BCUT2D eigenvalue weighted by Gasteiger charge is 2.33. The molecule has 2 heterocycles. The summed E-state index contributed by atoms with van der Waals surface area (Å²) in [5, 5.41) is 7.47. The van der Waals surface area contributed by atoms with Crippen molar-refractivity contribution in [3.63, 3.8) is 0 Å². The van der Waals surface area contributed by atoms with E-state index in [1.54, 1.807) is 12.3 Å². The van der Waals surface area contributed by atoms with Crippen molar-refractivity contribution >= 4 is 23.2 Å². The number of nitrogens with one attached hydrogen (secondary N) is 1. The molecule has 2 fully saturated rings. The van der Waals surface area contributed by atoms with E-state index in [0.717, 1.165) is 37.2 Å². The van der Waals surface area contributed by atoms with Crippen LogP contribution in [0.25, 0.3) is 0 Å². The van der Waals surface area contributed by atoms with Crippen LogP contribution in [0.15, 0.2) is 24.4 Å². The van der Waals surface area contributed by atoms with Crippen LogP contribution in [0.5, 0.6) is 0 Å². The van der Waals surface area contributed by atoms with E-state index in [4.69, 9.17) is 11.6 Å². The number of rotatable bonds is 4. The highest BCUT2D eigenvalue weighted by atomic mass is 35.5. The summed E-state index contributed by atoms with van der Waals surface area (Å²) in [6.07, 6.45) is 4.73. The van der Waals surface area contributed by atoms with Gasteiger partial charge in [-0.2, -0.15) is 5.10 Å². The predicted octanol–water partition coefficient (Wildman–Crippen LogP) is 3.10. The van der Waals surface area contributed by atoms with Gasteiger partial charge in [-0.25, -0.2) is 4.39 Å². The number of carbonyl (C=O) groups excluding carboxylic acids is 1. The van der Waals surface area contributed by atoms with Crippen LogP contribution in [0.4, 0.5) is 10.1 Å². The molecular weight excluding hydrogens is 343 g/mol. The van der Waals surface area contributed by atoms with E-state index < -0.39 is 5.82 Å². The first-order valence-corrected chi connectivity index (χ1v) is 8.93. The molecule has 132 valence electrons. The molecule has 1 saturated heterocycles. The van der Waals surface area contributed by atoms with Gasteiger partial charge in [0.05, 0.1) is 22.5 Å². The summed E-state index contributed by atoms with van der Waals surface area (Å²) in [4.78, 5) is 14.7. The normalized spacial score (nSPS) is 20.1.